The van der Waals surface area contributed by atoms with E-state index in [0.717, 1.165) is 11.6 Å². The Morgan fingerprint density at radius 1 is 1.29 bits per heavy atom. The number of benzene rings is 1. The molecule has 1 aromatic rings. The first kappa shape index (κ1) is 16.0. The molecule has 3 heteroatoms. The monoisotopic (exact) mass is 288 g/mol. The van der Waals surface area contributed by atoms with Crippen LogP contribution in [0.3, 0.4) is 0 Å². The van der Waals surface area contributed by atoms with Gasteiger partial charge in [0.25, 0.3) is 0 Å². The lowest BCUT2D eigenvalue weighted by atomic mass is 9.84. The molecule has 0 spiro atoms. The molecule has 2 N–H and O–H groups in total. The fourth-order valence-corrected chi connectivity index (χ4v) is 3.28. The van der Waals surface area contributed by atoms with Crippen LogP contribution >= 0.6 is 0 Å². The van der Waals surface area contributed by atoms with Crippen molar-refractivity contribution in [2.75, 3.05) is 5.32 Å². The number of rotatable bonds is 5. The van der Waals surface area contributed by atoms with Crippen molar-refractivity contribution in [3.8, 4) is 0 Å². The van der Waals surface area contributed by atoms with Crippen molar-refractivity contribution >= 4 is 11.6 Å². The van der Waals surface area contributed by atoms with Crippen molar-refractivity contribution in [1.29, 1.82) is 0 Å². The lowest BCUT2D eigenvalue weighted by Gasteiger charge is -2.31. The van der Waals surface area contributed by atoms with Crippen LogP contribution in [0, 0.1) is 5.92 Å². The van der Waals surface area contributed by atoms with Crippen LogP contribution in [0.15, 0.2) is 24.3 Å². The molecule has 1 saturated carbocycles. The van der Waals surface area contributed by atoms with Crippen LogP contribution in [-0.4, -0.2) is 11.9 Å². The maximum Gasteiger partial charge on any atom is 0.221 e. The van der Waals surface area contributed by atoms with E-state index in [1.54, 1.807) is 6.92 Å². The second-order valence-corrected chi connectivity index (χ2v) is 6.32. The molecule has 1 fully saturated rings. The van der Waals surface area contributed by atoms with Gasteiger partial charge in [0.15, 0.2) is 0 Å². The maximum atomic E-state index is 11.1. The molecule has 21 heavy (non-hydrogen) atoms. The summed E-state index contributed by atoms with van der Waals surface area (Å²) in [4.78, 5) is 11.1. The summed E-state index contributed by atoms with van der Waals surface area (Å²) in [6.45, 7) is 6.05. The standard InChI is InChI=1S/C18H28N2O/c1-4-15-8-10-17(11-9-15)19-13(2)16-6-5-7-18(12-16)20-14(3)21/h5-7,12-13,15,17,19H,4,8-11H2,1-3H3,(H,20,21). The van der Waals surface area contributed by atoms with Crippen LogP contribution in [0.2, 0.25) is 0 Å². The van der Waals surface area contributed by atoms with E-state index in [0.29, 0.717) is 12.1 Å². The Balaban J connectivity index is 1.91. The third kappa shape index (κ3) is 4.85. The van der Waals surface area contributed by atoms with Gasteiger partial charge in [-0.25, -0.2) is 0 Å². The molecule has 2 rings (SSSR count). The number of anilines is 1. The molecule has 0 saturated heterocycles. The highest BCUT2D eigenvalue weighted by molar-refractivity contribution is 5.88. The molecule has 0 radical (unpaired) electrons. The molecule has 1 aliphatic carbocycles. The first-order chi connectivity index (χ1) is 10.1. The van der Waals surface area contributed by atoms with Crippen molar-refractivity contribution in [3.05, 3.63) is 29.8 Å². The summed E-state index contributed by atoms with van der Waals surface area (Å²) in [5.41, 5.74) is 2.11. The zero-order valence-corrected chi connectivity index (χ0v) is 13.5. The molecular formula is C18H28N2O. The summed E-state index contributed by atoms with van der Waals surface area (Å²) in [7, 11) is 0. The quantitative estimate of drug-likeness (QED) is 0.849. The molecule has 0 aliphatic heterocycles. The molecule has 1 amide bonds. The third-order valence-electron chi connectivity index (χ3n) is 4.62. The van der Waals surface area contributed by atoms with E-state index in [4.69, 9.17) is 0 Å². The highest BCUT2D eigenvalue weighted by Gasteiger charge is 2.21. The number of carbonyl (C=O) groups excluding carboxylic acids is 1. The highest BCUT2D eigenvalue weighted by Crippen LogP contribution is 2.28. The minimum Gasteiger partial charge on any atom is -0.326 e. The van der Waals surface area contributed by atoms with E-state index in [9.17, 15) is 4.79 Å². The summed E-state index contributed by atoms with van der Waals surface area (Å²) in [5.74, 6) is 0.909. The average Bonchev–Trinajstić information content (AvgIpc) is 2.47. The normalized spacial score (nSPS) is 23.6. The van der Waals surface area contributed by atoms with Crippen LogP contribution < -0.4 is 10.6 Å². The third-order valence-corrected chi connectivity index (χ3v) is 4.62. The van der Waals surface area contributed by atoms with Gasteiger partial charge in [-0.05, 0) is 56.2 Å². The lowest BCUT2D eigenvalue weighted by Crippen LogP contribution is -2.34. The van der Waals surface area contributed by atoms with Gasteiger partial charge in [-0.1, -0.05) is 25.5 Å². The fourth-order valence-electron chi connectivity index (χ4n) is 3.28. The van der Waals surface area contributed by atoms with Gasteiger partial charge in [-0.2, -0.15) is 0 Å². The Morgan fingerprint density at radius 3 is 2.62 bits per heavy atom. The second kappa shape index (κ2) is 7.60. The summed E-state index contributed by atoms with van der Waals surface area (Å²) in [6, 6.07) is 9.09. The van der Waals surface area contributed by atoms with Crippen LogP contribution in [-0.2, 0) is 4.79 Å². The molecular weight excluding hydrogens is 260 g/mol. The molecule has 1 aromatic carbocycles. The smallest absolute Gasteiger partial charge is 0.221 e. The molecule has 1 aliphatic rings. The number of hydrogen-bond donors (Lipinski definition) is 2. The van der Waals surface area contributed by atoms with Crippen LogP contribution in [0.1, 0.15) is 64.5 Å². The van der Waals surface area contributed by atoms with Gasteiger partial charge < -0.3 is 10.6 Å². The number of nitrogens with one attached hydrogen (secondary N) is 2. The van der Waals surface area contributed by atoms with E-state index in [1.165, 1.54) is 37.7 Å². The number of amides is 1. The predicted octanol–water partition coefficient (Wildman–Crippen LogP) is 4.26. The molecule has 3 nitrogen and oxygen atoms in total. The minimum atomic E-state index is -0.0225. The first-order valence-corrected chi connectivity index (χ1v) is 8.22. The lowest BCUT2D eigenvalue weighted by molar-refractivity contribution is -0.114. The van der Waals surface area contributed by atoms with Gasteiger partial charge in [0.2, 0.25) is 5.91 Å². The molecule has 0 heterocycles. The van der Waals surface area contributed by atoms with Gasteiger partial charge >= 0.3 is 0 Å². The number of hydrogen-bond acceptors (Lipinski definition) is 2. The Morgan fingerprint density at radius 2 is 2.00 bits per heavy atom. The van der Waals surface area contributed by atoms with Crippen molar-refractivity contribution in [2.45, 2.75) is 65.0 Å². The zero-order valence-electron chi connectivity index (χ0n) is 13.5. The van der Waals surface area contributed by atoms with Gasteiger partial charge in [0.1, 0.15) is 0 Å². The summed E-state index contributed by atoms with van der Waals surface area (Å²) in [5, 5.41) is 6.60. The Hall–Kier alpha value is -1.35. The van der Waals surface area contributed by atoms with Crippen molar-refractivity contribution in [3.63, 3.8) is 0 Å². The Kier molecular flexibility index (Phi) is 5.80. The first-order valence-electron chi connectivity index (χ1n) is 8.22. The van der Waals surface area contributed by atoms with Crippen molar-refractivity contribution in [1.82, 2.24) is 5.32 Å². The maximum absolute atomic E-state index is 11.1. The second-order valence-electron chi connectivity index (χ2n) is 6.32. The van der Waals surface area contributed by atoms with Crippen molar-refractivity contribution in [2.24, 2.45) is 5.92 Å². The van der Waals surface area contributed by atoms with Crippen LogP contribution in [0.25, 0.3) is 0 Å². The molecule has 1 unspecified atom stereocenters. The molecule has 116 valence electrons. The Bertz CT molecular complexity index is 464. The predicted molar refractivity (Wildman–Crippen MR) is 88.3 cm³/mol. The van der Waals surface area contributed by atoms with E-state index in [2.05, 4.69) is 36.6 Å². The van der Waals surface area contributed by atoms with Crippen LogP contribution in [0.4, 0.5) is 5.69 Å². The molecule has 1 atom stereocenters. The topological polar surface area (TPSA) is 41.1 Å². The Labute approximate surface area is 128 Å². The zero-order chi connectivity index (χ0) is 15.2. The average molecular weight is 288 g/mol. The summed E-state index contributed by atoms with van der Waals surface area (Å²) >= 11 is 0. The molecule has 0 aromatic heterocycles. The van der Waals surface area contributed by atoms with Gasteiger partial charge in [-0.3, -0.25) is 4.79 Å². The minimum absolute atomic E-state index is 0.0225. The summed E-state index contributed by atoms with van der Waals surface area (Å²) in [6.07, 6.45) is 6.60. The van der Waals surface area contributed by atoms with E-state index < -0.39 is 0 Å². The van der Waals surface area contributed by atoms with E-state index in [1.807, 2.05) is 12.1 Å². The van der Waals surface area contributed by atoms with E-state index in [-0.39, 0.29) is 5.91 Å². The number of carbonyl (C=O) groups is 1. The van der Waals surface area contributed by atoms with Gasteiger partial charge in [0.05, 0.1) is 0 Å². The fraction of sp³-hybridized carbons (Fsp3) is 0.611. The highest BCUT2D eigenvalue weighted by atomic mass is 16.1. The largest absolute Gasteiger partial charge is 0.326 e. The van der Waals surface area contributed by atoms with Crippen molar-refractivity contribution < 1.29 is 4.79 Å². The van der Waals surface area contributed by atoms with E-state index >= 15 is 0 Å². The molecule has 0 bridgehead atoms. The van der Waals surface area contributed by atoms with Gasteiger partial charge in [-0.15, -0.1) is 0 Å². The SMILES string of the molecule is CCC1CCC(NC(C)c2cccc(NC(C)=O)c2)CC1. The van der Waals surface area contributed by atoms with Crippen LogP contribution in [0.5, 0.6) is 0 Å². The summed E-state index contributed by atoms with van der Waals surface area (Å²) < 4.78 is 0. The van der Waals surface area contributed by atoms with Gasteiger partial charge in [0, 0.05) is 24.7 Å².